The molecule has 0 spiro atoms. The van der Waals surface area contributed by atoms with E-state index >= 15 is 0 Å². The van der Waals surface area contributed by atoms with Gasteiger partial charge < -0.3 is 4.57 Å². The maximum absolute atomic E-state index is 6.24. The van der Waals surface area contributed by atoms with E-state index in [1.807, 2.05) is 42.5 Å². The number of nitrogens with zero attached hydrogens (tertiary/aromatic N) is 3. The Hall–Kier alpha value is -1.78. The third-order valence-corrected chi connectivity index (χ3v) is 4.89. The monoisotopic (exact) mass is 343 g/mol. The molecule has 23 heavy (non-hydrogen) atoms. The molecule has 5 heteroatoms. The van der Waals surface area contributed by atoms with Crippen LogP contribution in [0.1, 0.15) is 18.9 Å². The summed E-state index contributed by atoms with van der Waals surface area (Å²) in [5.74, 6) is 1.71. The van der Waals surface area contributed by atoms with Crippen molar-refractivity contribution in [1.82, 2.24) is 14.8 Å². The summed E-state index contributed by atoms with van der Waals surface area (Å²) in [6.07, 6.45) is 1.04. The zero-order chi connectivity index (χ0) is 16.1. The highest BCUT2D eigenvalue weighted by atomic mass is 35.5. The van der Waals surface area contributed by atoms with Crippen molar-refractivity contribution in [3.63, 3.8) is 0 Å². The van der Waals surface area contributed by atoms with E-state index in [2.05, 4.69) is 33.8 Å². The third kappa shape index (κ3) is 3.77. The molecule has 1 aromatic heterocycles. The predicted octanol–water partition coefficient (Wildman–Crippen LogP) is 5.30. The third-order valence-electron chi connectivity index (χ3n) is 3.51. The number of aromatic nitrogens is 3. The lowest BCUT2D eigenvalue weighted by molar-refractivity contribution is 0.626. The van der Waals surface area contributed by atoms with Crippen molar-refractivity contribution in [1.29, 1.82) is 0 Å². The molecule has 0 amide bonds. The second kappa shape index (κ2) is 7.66. The highest BCUT2D eigenvalue weighted by molar-refractivity contribution is 7.98. The van der Waals surface area contributed by atoms with Gasteiger partial charge in [0.15, 0.2) is 11.0 Å². The van der Waals surface area contributed by atoms with Crippen LogP contribution in [0.25, 0.3) is 11.4 Å². The SMILES string of the molecule is CCCn1c(SCc2ccccc2Cl)nnc1-c1ccccc1. The molecule has 3 rings (SSSR count). The molecule has 0 saturated carbocycles. The average Bonchev–Trinajstić information content (AvgIpc) is 2.98. The minimum absolute atomic E-state index is 0.788. The highest BCUT2D eigenvalue weighted by Crippen LogP contribution is 2.28. The van der Waals surface area contributed by atoms with Crippen LogP contribution in [0.4, 0.5) is 0 Å². The van der Waals surface area contributed by atoms with E-state index in [1.54, 1.807) is 11.8 Å². The number of hydrogen-bond acceptors (Lipinski definition) is 3. The molecule has 0 aliphatic heterocycles. The molecular formula is C18H18ClN3S. The number of thioether (sulfide) groups is 1. The maximum atomic E-state index is 6.24. The zero-order valence-electron chi connectivity index (χ0n) is 12.9. The van der Waals surface area contributed by atoms with Gasteiger partial charge in [0.25, 0.3) is 0 Å². The van der Waals surface area contributed by atoms with Gasteiger partial charge in [-0.25, -0.2) is 0 Å². The van der Waals surface area contributed by atoms with Gasteiger partial charge in [-0.15, -0.1) is 10.2 Å². The summed E-state index contributed by atoms with van der Waals surface area (Å²) in [5, 5.41) is 10.5. The standard InChI is InChI=1S/C18H18ClN3S/c1-2-12-22-17(14-8-4-3-5-9-14)20-21-18(22)23-13-15-10-6-7-11-16(15)19/h3-11H,2,12-13H2,1H3. The Labute approximate surface area is 145 Å². The first-order valence-corrected chi connectivity index (χ1v) is 9.00. The zero-order valence-corrected chi connectivity index (χ0v) is 14.5. The Morgan fingerprint density at radius 3 is 2.48 bits per heavy atom. The lowest BCUT2D eigenvalue weighted by Gasteiger charge is -2.09. The van der Waals surface area contributed by atoms with Gasteiger partial charge in [-0.2, -0.15) is 0 Å². The van der Waals surface area contributed by atoms with E-state index in [4.69, 9.17) is 11.6 Å². The topological polar surface area (TPSA) is 30.7 Å². The molecule has 0 saturated heterocycles. The largest absolute Gasteiger partial charge is 0.302 e. The molecule has 0 N–H and O–H groups in total. The molecule has 0 radical (unpaired) electrons. The average molecular weight is 344 g/mol. The molecule has 0 fully saturated rings. The number of halogens is 1. The Kier molecular flexibility index (Phi) is 5.36. The first kappa shape index (κ1) is 16.1. The number of benzene rings is 2. The van der Waals surface area contributed by atoms with E-state index < -0.39 is 0 Å². The summed E-state index contributed by atoms with van der Waals surface area (Å²) in [5.41, 5.74) is 2.21. The summed E-state index contributed by atoms with van der Waals surface area (Å²) < 4.78 is 2.19. The van der Waals surface area contributed by atoms with Crippen molar-refractivity contribution in [3.8, 4) is 11.4 Å². The van der Waals surface area contributed by atoms with Crippen LogP contribution in [0.15, 0.2) is 59.8 Å². The second-order valence-electron chi connectivity index (χ2n) is 5.20. The molecule has 2 aromatic carbocycles. The highest BCUT2D eigenvalue weighted by Gasteiger charge is 2.14. The summed E-state index contributed by atoms with van der Waals surface area (Å²) in [7, 11) is 0. The molecule has 0 aliphatic rings. The van der Waals surface area contributed by atoms with Crippen molar-refractivity contribution in [2.45, 2.75) is 30.8 Å². The molecule has 1 heterocycles. The molecule has 0 bridgehead atoms. The van der Waals surface area contributed by atoms with Gasteiger partial charge in [0, 0.05) is 22.9 Å². The van der Waals surface area contributed by atoms with E-state index in [1.165, 1.54) is 0 Å². The lowest BCUT2D eigenvalue weighted by Crippen LogP contribution is -2.02. The molecule has 0 atom stereocenters. The summed E-state index contributed by atoms with van der Waals surface area (Å²) in [6.45, 7) is 3.07. The van der Waals surface area contributed by atoms with E-state index in [-0.39, 0.29) is 0 Å². The van der Waals surface area contributed by atoms with Crippen LogP contribution in [0.5, 0.6) is 0 Å². The van der Waals surface area contributed by atoms with Crippen molar-refractivity contribution < 1.29 is 0 Å². The summed E-state index contributed by atoms with van der Waals surface area (Å²) >= 11 is 7.91. The van der Waals surface area contributed by atoms with Crippen LogP contribution in [0.3, 0.4) is 0 Å². The number of hydrogen-bond donors (Lipinski definition) is 0. The smallest absolute Gasteiger partial charge is 0.191 e. The minimum atomic E-state index is 0.788. The molecule has 3 nitrogen and oxygen atoms in total. The quantitative estimate of drug-likeness (QED) is 0.569. The maximum Gasteiger partial charge on any atom is 0.191 e. The van der Waals surface area contributed by atoms with Crippen LogP contribution in [-0.2, 0) is 12.3 Å². The molecule has 0 unspecified atom stereocenters. The molecular weight excluding hydrogens is 326 g/mol. The van der Waals surface area contributed by atoms with E-state index in [0.29, 0.717) is 0 Å². The Balaban J connectivity index is 1.85. The van der Waals surface area contributed by atoms with Crippen LogP contribution >= 0.6 is 23.4 Å². The fourth-order valence-electron chi connectivity index (χ4n) is 2.38. The van der Waals surface area contributed by atoms with Gasteiger partial charge in [-0.1, -0.05) is 78.8 Å². The fourth-order valence-corrected chi connectivity index (χ4v) is 3.63. The normalized spacial score (nSPS) is 10.9. The lowest BCUT2D eigenvalue weighted by atomic mass is 10.2. The van der Waals surface area contributed by atoms with Crippen molar-refractivity contribution >= 4 is 23.4 Å². The van der Waals surface area contributed by atoms with Gasteiger partial charge in [0.1, 0.15) is 0 Å². The van der Waals surface area contributed by atoms with Crippen LogP contribution < -0.4 is 0 Å². The first-order chi connectivity index (χ1) is 11.3. The Morgan fingerprint density at radius 2 is 1.74 bits per heavy atom. The van der Waals surface area contributed by atoms with Gasteiger partial charge in [0.05, 0.1) is 0 Å². The van der Waals surface area contributed by atoms with Crippen LogP contribution in [0, 0.1) is 0 Å². The summed E-state index contributed by atoms with van der Waals surface area (Å²) in [6, 6.07) is 18.1. The second-order valence-corrected chi connectivity index (χ2v) is 6.55. The van der Waals surface area contributed by atoms with Gasteiger partial charge in [-0.05, 0) is 18.1 Å². The predicted molar refractivity (Wildman–Crippen MR) is 96.8 cm³/mol. The molecule has 118 valence electrons. The van der Waals surface area contributed by atoms with Crippen molar-refractivity contribution in [2.24, 2.45) is 0 Å². The number of rotatable bonds is 6. The van der Waals surface area contributed by atoms with Gasteiger partial charge in [0.2, 0.25) is 0 Å². The molecule has 0 aliphatic carbocycles. The Bertz CT molecular complexity index is 771. The van der Waals surface area contributed by atoms with Crippen molar-refractivity contribution in [2.75, 3.05) is 0 Å². The van der Waals surface area contributed by atoms with Crippen molar-refractivity contribution in [3.05, 3.63) is 65.2 Å². The fraction of sp³-hybridized carbons (Fsp3) is 0.222. The van der Waals surface area contributed by atoms with E-state index in [0.717, 1.165) is 45.8 Å². The van der Waals surface area contributed by atoms with Gasteiger partial charge in [-0.3, -0.25) is 0 Å². The molecule has 3 aromatic rings. The van der Waals surface area contributed by atoms with E-state index in [9.17, 15) is 0 Å². The Morgan fingerprint density at radius 1 is 1.00 bits per heavy atom. The van der Waals surface area contributed by atoms with Gasteiger partial charge >= 0.3 is 0 Å². The minimum Gasteiger partial charge on any atom is -0.302 e. The van der Waals surface area contributed by atoms with Crippen LogP contribution in [0.2, 0.25) is 5.02 Å². The first-order valence-electron chi connectivity index (χ1n) is 7.64. The van der Waals surface area contributed by atoms with Crippen LogP contribution in [-0.4, -0.2) is 14.8 Å². The summed E-state index contributed by atoms with van der Waals surface area (Å²) in [4.78, 5) is 0.